The molecule has 0 aliphatic heterocycles. The van der Waals surface area contributed by atoms with E-state index in [0.717, 1.165) is 83.5 Å². The van der Waals surface area contributed by atoms with Crippen LogP contribution in [0.3, 0.4) is 0 Å². The number of nitrogens with zero attached hydrogens (tertiary/aromatic N) is 1. The largest absolute Gasteiger partial charge is 0.477 e. The molecule has 0 heterocycles. The highest BCUT2D eigenvalue weighted by Gasteiger charge is 2.25. The number of ether oxygens (including phenoxy) is 4. The number of rotatable bonds is 63. The Labute approximate surface area is 512 Å². The maximum Gasteiger partial charge on any atom is 0.361 e. The number of hydrogen-bond donors (Lipinski definition) is 1. The number of carbonyl (C=O) groups is 3. The minimum Gasteiger partial charge on any atom is -0.477 e. The highest BCUT2D eigenvalue weighted by molar-refractivity contribution is 5.71. The molecule has 0 fully saturated rings. The molecule has 0 aliphatic rings. The number of allylic oxidation sites excluding steroid dienone is 16. The van der Waals surface area contributed by atoms with Gasteiger partial charge in [0.05, 0.1) is 34.4 Å². The number of carboxylic acids is 1. The fourth-order valence-electron chi connectivity index (χ4n) is 9.58. The summed E-state index contributed by atoms with van der Waals surface area (Å²) < 4.78 is 23.0. The van der Waals surface area contributed by atoms with Crippen LogP contribution in [0.4, 0.5) is 0 Å². The molecule has 0 aliphatic carbocycles. The van der Waals surface area contributed by atoms with Gasteiger partial charge in [0.15, 0.2) is 6.10 Å². The maximum atomic E-state index is 12.9. The topological polar surface area (TPSA) is 108 Å². The van der Waals surface area contributed by atoms with Crippen molar-refractivity contribution in [2.45, 2.75) is 309 Å². The molecule has 0 spiro atoms. The summed E-state index contributed by atoms with van der Waals surface area (Å²) in [6.45, 7) is 4.77. The van der Waals surface area contributed by atoms with E-state index < -0.39 is 24.3 Å². The lowest BCUT2D eigenvalue weighted by Gasteiger charge is -2.25. The van der Waals surface area contributed by atoms with Gasteiger partial charge in [0.1, 0.15) is 13.2 Å². The molecule has 0 rings (SSSR count). The van der Waals surface area contributed by atoms with Crippen LogP contribution in [0.15, 0.2) is 97.2 Å². The number of carbonyl (C=O) groups excluding carboxylic acids is 2. The van der Waals surface area contributed by atoms with Crippen molar-refractivity contribution >= 4 is 17.9 Å². The summed E-state index contributed by atoms with van der Waals surface area (Å²) in [6, 6.07) is 0. The zero-order valence-corrected chi connectivity index (χ0v) is 54.6. The Balaban J connectivity index is 4.12. The molecule has 2 unspecified atom stereocenters. The lowest BCUT2D eigenvalue weighted by molar-refractivity contribution is -0.870. The van der Waals surface area contributed by atoms with E-state index in [2.05, 4.69) is 111 Å². The van der Waals surface area contributed by atoms with Crippen LogP contribution in [0.25, 0.3) is 0 Å². The first kappa shape index (κ1) is 79.2. The second kappa shape index (κ2) is 64.2. The molecular weight excluding hydrogens is 1030 g/mol. The Kier molecular flexibility index (Phi) is 61.3. The molecule has 1 N–H and O–H groups in total. The average Bonchev–Trinajstić information content (AvgIpc) is 3.46. The fraction of sp³-hybridized carbons (Fsp3) is 0.743. The van der Waals surface area contributed by atoms with Crippen molar-refractivity contribution in [2.75, 3.05) is 47.5 Å². The number of esters is 2. The Hall–Kier alpha value is -3.79. The SMILES string of the molecule is CC/C=C\C/C=C\C/C=C\C/C=C\C/C=C\CCCCCCCCCCCCCCCCCCCC(=O)OC(COC(=O)CCCCCCCCCCCC/C=C\C/C=C\C/C=C\CCCCCCC)COC(OCC[N+](C)(C)C)C(=O)O. The van der Waals surface area contributed by atoms with Crippen molar-refractivity contribution in [3.05, 3.63) is 97.2 Å². The maximum absolute atomic E-state index is 12.9. The minimum absolute atomic E-state index is 0.185. The molecule has 0 aromatic carbocycles. The van der Waals surface area contributed by atoms with Crippen LogP contribution < -0.4 is 0 Å². The zero-order valence-electron chi connectivity index (χ0n) is 54.6. The molecule has 0 radical (unpaired) electrons. The zero-order chi connectivity index (χ0) is 60.5. The number of carboxylic acid groups (broad SMARTS) is 1. The minimum atomic E-state index is -1.52. The number of hydrogen-bond acceptors (Lipinski definition) is 7. The summed E-state index contributed by atoms with van der Waals surface area (Å²) in [5, 5.41) is 9.74. The summed E-state index contributed by atoms with van der Waals surface area (Å²) in [7, 11) is 5.98. The van der Waals surface area contributed by atoms with Gasteiger partial charge >= 0.3 is 17.9 Å². The highest BCUT2D eigenvalue weighted by Crippen LogP contribution is 2.17. The van der Waals surface area contributed by atoms with E-state index in [0.29, 0.717) is 17.4 Å². The molecule has 83 heavy (non-hydrogen) atoms. The van der Waals surface area contributed by atoms with Gasteiger partial charge in [-0.25, -0.2) is 4.79 Å². The van der Waals surface area contributed by atoms with Gasteiger partial charge in [-0.1, -0.05) is 284 Å². The Bertz CT molecular complexity index is 1680. The predicted octanol–water partition coefficient (Wildman–Crippen LogP) is 21.2. The van der Waals surface area contributed by atoms with E-state index in [1.165, 1.54) is 186 Å². The van der Waals surface area contributed by atoms with E-state index in [4.69, 9.17) is 18.9 Å². The smallest absolute Gasteiger partial charge is 0.361 e. The van der Waals surface area contributed by atoms with Crippen LogP contribution >= 0.6 is 0 Å². The van der Waals surface area contributed by atoms with E-state index in [1.54, 1.807) is 0 Å². The third kappa shape index (κ3) is 65.6. The fourth-order valence-corrected chi connectivity index (χ4v) is 9.58. The first-order valence-electron chi connectivity index (χ1n) is 34.4. The van der Waals surface area contributed by atoms with E-state index in [-0.39, 0.29) is 32.2 Å². The van der Waals surface area contributed by atoms with Crippen molar-refractivity contribution in [1.29, 1.82) is 0 Å². The van der Waals surface area contributed by atoms with E-state index in [1.807, 2.05) is 21.1 Å². The highest BCUT2D eigenvalue weighted by atomic mass is 16.7. The molecule has 0 aromatic heterocycles. The molecule has 0 saturated carbocycles. The quantitative estimate of drug-likeness (QED) is 0.0211. The third-order valence-corrected chi connectivity index (χ3v) is 14.8. The first-order chi connectivity index (χ1) is 40.6. The van der Waals surface area contributed by atoms with Gasteiger partial charge in [0.2, 0.25) is 0 Å². The molecular formula is C74H130NO8+. The standard InChI is InChI=1S/C74H129NO8/c1-6-8-10-12-14-16-18-20-22-24-26-28-30-32-33-34-35-36-37-38-39-41-43-45-47-49-51-53-55-57-59-61-63-65-72(77)83-70(69-82-74(73(78)79)80-67-66-75(3,4)5)68-81-71(76)64-62-60-58-56-54-52-50-48-46-44-42-40-31-29-27-25-23-21-19-17-15-13-11-9-7-2/h8,10,14,16,19-22,25-28,31-33,40,70,74H,6-7,9,11-13,15,17-18,23-24,29-30,34-39,41-69H2,1-5H3/p+1/b10-8-,16-14-,21-19-,22-20-,27-25-,28-26-,33-32-,40-31-. The molecule has 0 saturated heterocycles. The van der Waals surface area contributed by atoms with Gasteiger partial charge in [-0.2, -0.15) is 0 Å². The number of quaternary nitrogens is 1. The molecule has 2 atom stereocenters. The molecule has 0 amide bonds. The van der Waals surface area contributed by atoms with Gasteiger partial charge in [0.25, 0.3) is 6.29 Å². The van der Waals surface area contributed by atoms with Gasteiger partial charge in [0, 0.05) is 12.8 Å². The van der Waals surface area contributed by atoms with Crippen LogP contribution in [-0.4, -0.2) is 87.4 Å². The summed E-state index contributed by atoms with van der Waals surface area (Å²) in [5.41, 5.74) is 0. The van der Waals surface area contributed by atoms with Crippen molar-refractivity contribution in [1.82, 2.24) is 0 Å². The van der Waals surface area contributed by atoms with E-state index >= 15 is 0 Å². The van der Waals surface area contributed by atoms with Gasteiger partial charge in [-0.3, -0.25) is 9.59 Å². The summed E-state index contributed by atoms with van der Waals surface area (Å²) >= 11 is 0. The summed E-state index contributed by atoms with van der Waals surface area (Å²) in [6.07, 6.45) is 85.1. The van der Waals surface area contributed by atoms with Crippen LogP contribution in [0.5, 0.6) is 0 Å². The first-order valence-corrected chi connectivity index (χ1v) is 34.4. The normalized spacial score (nSPS) is 13.3. The number of likely N-dealkylation sites (N-methyl/N-ethyl adjacent to an activating group) is 1. The lowest BCUT2D eigenvalue weighted by atomic mass is 10.0. The Morgan fingerprint density at radius 1 is 0.373 bits per heavy atom. The van der Waals surface area contributed by atoms with Crippen LogP contribution in [0, 0.1) is 0 Å². The predicted molar refractivity (Wildman–Crippen MR) is 355 cm³/mol. The Morgan fingerprint density at radius 3 is 1.02 bits per heavy atom. The van der Waals surface area contributed by atoms with Crippen molar-refractivity contribution in [3.63, 3.8) is 0 Å². The second-order valence-corrected chi connectivity index (χ2v) is 24.1. The van der Waals surface area contributed by atoms with Gasteiger partial charge in [-0.05, 0) is 96.3 Å². The number of aliphatic carboxylic acids is 1. The molecule has 478 valence electrons. The van der Waals surface area contributed by atoms with Crippen molar-refractivity contribution < 1.29 is 42.9 Å². The average molecular weight is 1160 g/mol. The van der Waals surface area contributed by atoms with Gasteiger partial charge in [-0.15, -0.1) is 0 Å². The number of unbranched alkanes of at least 4 members (excludes halogenated alkanes) is 32. The van der Waals surface area contributed by atoms with Gasteiger partial charge < -0.3 is 28.5 Å². The second-order valence-electron chi connectivity index (χ2n) is 24.1. The van der Waals surface area contributed by atoms with E-state index in [9.17, 15) is 19.5 Å². The monoisotopic (exact) mass is 1160 g/mol. The Morgan fingerprint density at radius 2 is 0.687 bits per heavy atom. The van der Waals surface area contributed by atoms with Crippen LogP contribution in [0.1, 0.15) is 296 Å². The van der Waals surface area contributed by atoms with Crippen molar-refractivity contribution in [3.8, 4) is 0 Å². The molecule has 9 heteroatoms. The summed E-state index contributed by atoms with van der Waals surface area (Å²) in [5.74, 6) is -2.00. The molecule has 0 aromatic rings. The van der Waals surface area contributed by atoms with Crippen molar-refractivity contribution in [2.24, 2.45) is 0 Å². The lowest BCUT2D eigenvalue weighted by Crippen LogP contribution is -2.40. The van der Waals surface area contributed by atoms with Crippen LogP contribution in [0.2, 0.25) is 0 Å². The van der Waals surface area contributed by atoms with Crippen LogP contribution in [-0.2, 0) is 33.3 Å². The summed E-state index contributed by atoms with van der Waals surface area (Å²) in [4.78, 5) is 37.6. The molecule has 9 nitrogen and oxygen atoms in total. The third-order valence-electron chi connectivity index (χ3n) is 14.8. The molecule has 0 bridgehead atoms.